The first-order valence-electron chi connectivity index (χ1n) is 6.24. The van der Waals surface area contributed by atoms with E-state index in [-0.39, 0.29) is 12.5 Å². The van der Waals surface area contributed by atoms with Gasteiger partial charge in [0, 0.05) is 13.0 Å². The number of nitrogens with one attached hydrogen (secondary N) is 1. The van der Waals surface area contributed by atoms with E-state index < -0.39 is 0 Å². The zero-order valence-electron chi connectivity index (χ0n) is 11.5. The maximum Gasteiger partial charge on any atom is 0.234 e. The molecule has 0 aromatic heterocycles. The third-order valence-corrected chi connectivity index (χ3v) is 2.07. The van der Waals surface area contributed by atoms with Crippen LogP contribution in [0.4, 0.5) is 0 Å². The van der Waals surface area contributed by atoms with Gasteiger partial charge in [0.1, 0.15) is 0 Å². The van der Waals surface area contributed by atoms with Crippen LogP contribution >= 0.6 is 0 Å². The van der Waals surface area contributed by atoms with Crippen LogP contribution in [0.1, 0.15) is 26.7 Å². The van der Waals surface area contributed by atoms with Crippen molar-refractivity contribution < 1.29 is 9.53 Å². The molecule has 1 aliphatic carbocycles. The summed E-state index contributed by atoms with van der Waals surface area (Å²) in [5.41, 5.74) is 6.21. The molecule has 0 saturated carbocycles. The molecular weight excluding hydrogens is 228 g/mol. The van der Waals surface area contributed by atoms with Gasteiger partial charge in [-0.2, -0.15) is 0 Å². The van der Waals surface area contributed by atoms with E-state index >= 15 is 0 Å². The smallest absolute Gasteiger partial charge is 0.234 e. The van der Waals surface area contributed by atoms with Crippen LogP contribution in [0.3, 0.4) is 0 Å². The first-order valence-corrected chi connectivity index (χ1v) is 6.24. The summed E-state index contributed by atoms with van der Waals surface area (Å²) in [6.45, 7) is 4.77. The SMILES string of the molecule is CCC.COC1=CC=C(CNC(=O)CN)C=CC1. The molecule has 3 N–H and O–H groups in total. The van der Waals surface area contributed by atoms with Crippen LogP contribution in [0.25, 0.3) is 0 Å². The second-order valence-corrected chi connectivity index (χ2v) is 3.87. The Bertz CT molecular complexity index is 331. The Labute approximate surface area is 110 Å². The van der Waals surface area contributed by atoms with Crippen molar-refractivity contribution in [1.29, 1.82) is 0 Å². The van der Waals surface area contributed by atoms with Crippen LogP contribution in [0, 0.1) is 0 Å². The zero-order chi connectivity index (χ0) is 13.8. The lowest BCUT2D eigenvalue weighted by Gasteiger charge is -2.02. The summed E-state index contributed by atoms with van der Waals surface area (Å²) in [6, 6.07) is 0. The lowest BCUT2D eigenvalue weighted by Crippen LogP contribution is -2.31. The van der Waals surface area contributed by atoms with E-state index in [0.29, 0.717) is 6.54 Å². The molecule has 18 heavy (non-hydrogen) atoms. The van der Waals surface area contributed by atoms with E-state index in [4.69, 9.17) is 10.5 Å². The number of allylic oxidation sites excluding steroid dienone is 3. The number of amides is 1. The van der Waals surface area contributed by atoms with E-state index in [2.05, 4.69) is 19.2 Å². The van der Waals surface area contributed by atoms with Crippen molar-refractivity contribution in [1.82, 2.24) is 5.32 Å². The van der Waals surface area contributed by atoms with Gasteiger partial charge in [-0.15, -0.1) is 0 Å². The highest BCUT2D eigenvalue weighted by Gasteiger charge is 2.01. The van der Waals surface area contributed by atoms with Crippen LogP contribution in [0.2, 0.25) is 0 Å². The highest BCUT2D eigenvalue weighted by molar-refractivity contribution is 5.78. The van der Waals surface area contributed by atoms with Crippen molar-refractivity contribution in [3.05, 3.63) is 35.6 Å². The third kappa shape index (κ3) is 7.68. The maximum atomic E-state index is 10.9. The molecule has 4 heteroatoms. The molecule has 0 atom stereocenters. The van der Waals surface area contributed by atoms with E-state index in [9.17, 15) is 4.79 Å². The standard InChI is InChI=1S/C11H16N2O2.C3H8/c1-15-10-4-2-3-9(5-6-10)8-13-11(14)7-12;1-3-2/h2-3,5-6H,4,7-8,12H2,1H3,(H,13,14);3H2,1-2H3. The molecule has 0 spiro atoms. The van der Waals surface area contributed by atoms with E-state index in [1.54, 1.807) is 7.11 Å². The van der Waals surface area contributed by atoms with Crippen LogP contribution in [-0.4, -0.2) is 26.1 Å². The average molecular weight is 252 g/mol. The van der Waals surface area contributed by atoms with Crippen molar-refractivity contribution in [2.45, 2.75) is 26.7 Å². The molecule has 102 valence electrons. The number of carbonyl (C=O) groups is 1. The van der Waals surface area contributed by atoms with Gasteiger partial charge in [-0.3, -0.25) is 4.79 Å². The molecule has 0 aromatic rings. The summed E-state index contributed by atoms with van der Waals surface area (Å²) < 4.78 is 5.12. The first-order chi connectivity index (χ1) is 8.67. The number of rotatable bonds is 4. The van der Waals surface area contributed by atoms with Crippen LogP contribution in [-0.2, 0) is 9.53 Å². The minimum Gasteiger partial charge on any atom is -0.501 e. The monoisotopic (exact) mass is 252 g/mol. The van der Waals surface area contributed by atoms with E-state index in [1.807, 2.05) is 24.3 Å². The molecule has 0 bridgehead atoms. The van der Waals surface area contributed by atoms with E-state index in [1.165, 1.54) is 6.42 Å². The Balaban J connectivity index is 0.000000873. The summed E-state index contributed by atoms with van der Waals surface area (Å²) in [6.07, 6.45) is 9.84. The maximum absolute atomic E-state index is 10.9. The Morgan fingerprint density at radius 3 is 2.67 bits per heavy atom. The molecule has 4 nitrogen and oxygen atoms in total. The minimum absolute atomic E-state index is 0.0240. The molecular formula is C14H24N2O2. The number of methoxy groups -OCH3 is 1. The summed E-state index contributed by atoms with van der Waals surface area (Å²) in [4.78, 5) is 10.9. The van der Waals surface area contributed by atoms with Gasteiger partial charge in [0.05, 0.1) is 19.4 Å². The molecule has 0 aromatic carbocycles. The fourth-order valence-corrected chi connectivity index (χ4v) is 1.19. The number of hydrogen-bond acceptors (Lipinski definition) is 3. The van der Waals surface area contributed by atoms with E-state index in [0.717, 1.165) is 17.8 Å². The molecule has 0 radical (unpaired) electrons. The molecule has 1 rings (SSSR count). The molecule has 0 heterocycles. The molecule has 0 fully saturated rings. The van der Waals surface area contributed by atoms with Gasteiger partial charge in [0.25, 0.3) is 0 Å². The molecule has 0 unspecified atom stereocenters. The summed E-state index contributed by atoms with van der Waals surface area (Å²) in [7, 11) is 1.65. The van der Waals surface area contributed by atoms with Gasteiger partial charge in [0.2, 0.25) is 5.91 Å². The van der Waals surface area contributed by atoms with Crippen LogP contribution in [0.15, 0.2) is 35.6 Å². The van der Waals surface area contributed by atoms with Gasteiger partial charge >= 0.3 is 0 Å². The quantitative estimate of drug-likeness (QED) is 0.803. The van der Waals surface area contributed by atoms with Gasteiger partial charge in [0.15, 0.2) is 0 Å². The fraction of sp³-hybridized carbons (Fsp3) is 0.500. The number of nitrogens with two attached hydrogens (primary N) is 1. The number of carbonyl (C=O) groups excluding carboxylic acids is 1. The Morgan fingerprint density at radius 2 is 2.11 bits per heavy atom. The van der Waals surface area contributed by atoms with Crippen molar-refractivity contribution in [3.63, 3.8) is 0 Å². The van der Waals surface area contributed by atoms with Crippen molar-refractivity contribution in [3.8, 4) is 0 Å². The Morgan fingerprint density at radius 1 is 1.44 bits per heavy atom. The molecule has 1 aliphatic rings. The Kier molecular flexibility index (Phi) is 9.68. The fourth-order valence-electron chi connectivity index (χ4n) is 1.19. The predicted octanol–water partition coefficient (Wildman–Crippen LogP) is 1.89. The molecule has 0 saturated heterocycles. The van der Waals surface area contributed by atoms with Crippen molar-refractivity contribution >= 4 is 5.91 Å². The summed E-state index contributed by atoms with van der Waals surface area (Å²) in [5, 5.41) is 2.71. The third-order valence-electron chi connectivity index (χ3n) is 2.07. The lowest BCUT2D eigenvalue weighted by atomic mass is 10.2. The average Bonchev–Trinajstić information content (AvgIpc) is 2.61. The Hall–Kier alpha value is -1.55. The number of hydrogen-bond donors (Lipinski definition) is 2. The van der Waals surface area contributed by atoms with Gasteiger partial charge in [-0.25, -0.2) is 0 Å². The molecule has 0 aliphatic heterocycles. The predicted molar refractivity (Wildman–Crippen MR) is 75.0 cm³/mol. The zero-order valence-corrected chi connectivity index (χ0v) is 11.5. The second-order valence-electron chi connectivity index (χ2n) is 3.87. The largest absolute Gasteiger partial charge is 0.501 e. The second kappa shape index (κ2) is 10.6. The van der Waals surface area contributed by atoms with Gasteiger partial charge in [-0.05, 0) is 11.6 Å². The molecule has 1 amide bonds. The lowest BCUT2D eigenvalue weighted by molar-refractivity contribution is -0.119. The van der Waals surface area contributed by atoms with Crippen molar-refractivity contribution in [2.24, 2.45) is 5.73 Å². The van der Waals surface area contributed by atoms with Gasteiger partial charge < -0.3 is 15.8 Å². The van der Waals surface area contributed by atoms with Gasteiger partial charge in [-0.1, -0.05) is 38.5 Å². The highest BCUT2D eigenvalue weighted by Crippen LogP contribution is 2.10. The normalized spacial score (nSPS) is 13.6. The van der Waals surface area contributed by atoms with Crippen molar-refractivity contribution in [2.75, 3.05) is 20.2 Å². The van der Waals surface area contributed by atoms with Crippen LogP contribution < -0.4 is 11.1 Å². The topological polar surface area (TPSA) is 64.3 Å². The minimum atomic E-state index is -0.149. The summed E-state index contributed by atoms with van der Waals surface area (Å²) >= 11 is 0. The van der Waals surface area contributed by atoms with Crippen LogP contribution in [0.5, 0.6) is 0 Å². The summed E-state index contributed by atoms with van der Waals surface area (Å²) in [5.74, 6) is 0.760. The number of ether oxygens (including phenoxy) is 1. The first kappa shape index (κ1) is 16.4. The highest BCUT2D eigenvalue weighted by atomic mass is 16.5.